The third-order valence-corrected chi connectivity index (χ3v) is 5.01. The van der Waals surface area contributed by atoms with E-state index in [1.165, 1.54) is 11.3 Å². The number of nitrogens with zero attached hydrogens (tertiary/aromatic N) is 1. The van der Waals surface area contributed by atoms with Crippen molar-refractivity contribution >= 4 is 28.2 Å². The number of urea groups is 1. The standard InChI is InChI=1S/C21H22N4O3S/c1-4-12-25-17(15-10-11-18(27-2)19(13-15)28-3)14-29-21(25)24-23-20(26)22-16-8-6-5-7-9-16/h4-11,13-14H,1,12H2,2-3H3,(H2,22,23,26)/p+1. The number of benzene rings is 2. The molecule has 0 aliphatic heterocycles. The Labute approximate surface area is 173 Å². The summed E-state index contributed by atoms with van der Waals surface area (Å²) < 4.78 is 12.7. The first-order valence-corrected chi connectivity index (χ1v) is 9.77. The number of ether oxygens (including phenoxy) is 2. The molecule has 0 fully saturated rings. The van der Waals surface area contributed by atoms with E-state index in [0.29, 0.717) is 23.7 Å². The third kappa shape index (κ3) is 4.85. The average Bonchev–Trinajstić information content (AvgIpc) is 3.15. The Balaban J connectivity index is 1.78. The summed E-state index contributed by atoms with van der Waals surface area (Å²) in [5, 5.41) is 5.53. The van der Waals surface area contributed by atoms with Crippen LogP contribution in [-0.2, 0) is 6.54 Å². The van der Waals surface area contributed by atoms with Gasteiger partial charge in [-0.25, -0.2) is 9.36 Å². The van der Waals surface area contributed by atoms with Crippen LogP contribution < -0.4 is 30.2 Å². The number of aromatic nitrogens is 1. The highest BCUT2D eigenvalue weighted by Crippen LogP contribution is 2.32. The first-order chi connectivity index (χ1) is 14.2. The Morgan fingerprint density at radius 3 is 2.59 bits per heavy atom. The molecule has 8 heteroatoms. The number of hydrogen-bond donors (Lipinski definition) is 3. The summed E-state index contributed by atoms with van der Waals surface area (Å²) >= 11 is 1.47. The number of amides is 2. The first-order valence-electron chi connectivity index (χ1n) is 8.89. The molecule has 0 spiro atoms. The predicted molar refractivity (Wildman–Crippen MR) is 115 cm³/mol. The highest BCUT2D eigenvalue weighted by molar-refractivity contribution is 7.13. The number of nitrogens with one attached hydrogen (secondary N) is 3. The van der Waals surface area contributed by atoms with Crippen LogP contribution in [0.1, 0.15) is 0 Å². The van der Waals surface area contributed by atoms with Crippen molar-refractivity contribution in [3.05, 3.63) is 66.6 Å². The van der Waals surface area contributed by atoms with Gasteiger partial charge < -0.3 is 14.8 Å². The molecule has 0 bridgehead atoms. The number of rotatable bonds is 8. The lowest BCUT2D eigenvalue weighted by Crippen LogP contribution is -2.41. The summed E-state index contributed by atoms with van der Waals surface area (Å²) in [4.78, 5) is 12.1. The highest BCUT2D eigenvalue weighted by atomic mass is 32.1. The van der Waals surface area contributed by atoms with Crippen molar-refractivity contribution in [3.63, 3.8) is 0 Å². The summed E-state index contributed by atoms with van der Waals surface area (Å²) in [6, 6.07) is 14.6. The largest absolute Gasteiger partial charge is 0.493 e. The summed E-state index contributed by atoms with van der Waals surface area (Å²) in [6.07, 6.45) is 1.80. The molecule has 1 aromatic heterocycles. The number of methoxy groups -OCH3 is 2. The molecular formula is C21H23N4O3S+. The molecular weight excluding hydrogens is 388 g/mol. The van der Waals surface area contributed by atoms with Crippen molar-refractivity contribution < 1.29 is 18.8 Å². The second-order valence-corrected chi connectivity index (χ2v) is 6.82. The van der Waals surface area contributed by atoms with E-state index in [-0.39, 0.29) is 6.03 Å². The van der Waals surface area contributed by atoms with E-state index in [2.05, 4.69) is 22.7 Å². The summed E-state index contributed by atoms with van der Waals surface area (Å²) in [7, 11) is 3.21. The zero-order valence-electron chi connectivity index (χ0n) is 16.3. The van der Waals surface area contributed by atoms with Gasteiger partial charge >= 0.3 is 11.2 Å². The Morgan fingerprint density at radius 2 is 1.90 bits per heavy atom. The van der Waals surface area contributed by atoms with Crippen LogP contribution in [-0.4, -0.2) is 20.3 Å². The molecule has 1 heterocycles. The Morgan fingerprint density at radius 1 is 1.14 bits per heavy atom. The van der Waals surface area contributed by atoms with Crippen molar-refractivity contribution in [3.8, 4) is 22.8 Å². The molecule has 3 aromatic rings. The van der Waals surface area contributed by atoms with Crippen LogP contribution in [0, 0.1) is 0 Å². The molecule has 0 atom stereocenters. The molecule has 7 nitrogen and oxygen atoms in total. The third-order valence-electron chi connectivity index (χ3n) is 4.12. The van der Waals surface area contributed by atoms with Gasteiger partial charge in [-0.1, -0.05) is 42.2 Å². The molecule has 0 radical (unpaired) electrons. The van der Waals surface area contributed by atoms with Gasteiger partial charge in [0, 0.05) is 16.6 Å². The van der Waals surface area contributed by atoms with Gasteiger partial charge in [0.2, 0.25) is 0 Å². The van der Waals surface area contributed by atoms with Gasteiger partial charge in [0.25, 0.3) is 0 Å². The van der Waals surface area contributed by atoms with Gasteiger partial charge in [0.15, 0.2) is 11.5 Å². The Kier molecular flexibility index (Phi) is 6.70. The maximum absolute atomic E-state index is 12.1. The number of hydrazine groups is 1. The van der Waals surface area contributed by atoms with Crippen LogP contribution in [0.15, 0.2) is 66.6 Å². The monoisotopic (exact) mass is 411 g/mol. The molecule has 2 aromatic carbocycles. The lowest BCUT2D eigenvalue weighted by atomic mass is 10.1. The minimum absolute atomic E-state index is 0.359. The summed E-state index contributed by atoms with van der Waals surface area (Å²) in [5.41, 5.74) is 8.27. The van der Waals surface area contributed by atoms with E-state index >= 15 is 0 Å². The van der Waals surface area contributed by atoms with E-state index in [0.717, 1.165) is 16.4 Å². The van der Waals surface area contributed by atoms with Crippen LogP contribution in [0.25, 0.3) is 11.3 Å². The fourth-order valence-corrected chi connectivity index (χ4v) is 3.67. The highest BCUT2D eigenvalue weighted by Gasteiger charge is 2.20. The Bertz CT molecular complexity index is 989. The number of allylic oxidation sites excluding steroid dienone is 1. The molecule has 0 aliphatic rings. The molecule has 3 N–H and O–H groups in total. The lowest BCUT2D eigenvalue weighted by molar-refractivity contribution is -0.658. The van der Waals surface area contributed by atoms with E-state index in [9.17, 15) is 4.79 Å². The maximum Gasteiger partial charge on any atom is 0.358 e. The van der Waals surface area contributed by atoms with Crippen molar-refractivity contribution in [2.24, 2.45) is 0 Å². The topological polar surface area (TPSA) is 75.5 Å². The first kappa shape index (κ1) is 20.2. The second kappa shape index (κ2) is 9.61. The predicted octanol–water partition coefficient (Wildman–Crippen LogP) is 4.05. The fraction of sp³-hybridized carbons (Fsp3) is 0.143. The van der Waals surface area contributed by atoms with Crippen LogP contribution in [0.2, 0.25) is 0 Å². The van der Waals surface area contributed by atoms with E-state index < -0.39 is 0 Å². The summed E-state index contributed by atoms with van der Waals surface area (Å²) in [6.45, 7) is 4.40. The van der Waals surface area contributed by atoms with Gasteiger partial charge in [-0.2, -0.15) is 10.9 Å². The molecule has 0 unspecified atom stereocenters. The van der Waals surface area contributed by atoms with Crippen molar-refractivity contribution in [2.75, 3.05) is 25.0 Å². The van der Waals surface area contributed by atoms with E-state index in [4.69, 9.17) is 9.47 Å². The van der Waals surface area contributed by atoms with Crippen LogP contribution >= 0.6 is 11.3 Å². The number of hydrogen-bond acceptors (Lipinski definition) is 5. The summed E-state index contributed by atoms with van der Waals surface area (Å²) in [5.74, 6) is 1.32. The molecule has 150 valence electrons. The SMILES string of the molecule is C=CC[n+]1c(-c2ccc(OC)c(OC)c2)csc1NNC(=O)Nc1ccccc1. The number of para-hydroxylation sites is 1. The zero-order chi connectivity index (χ0) is 20.6. The Hall–Kier alpha value is -3.52. The molecule has 2 amide bonds. The number of carbonyl (C=O) groups is 1. The van der Waals surface area contributed by atoms with Crippen molar-refractivity contribution in [1.29, 1.82) is 0 Å². The van der Waals surface area contributed by atoms with E-state index in [1.807, 2.05) is 58.5 Å². The molecule has 0 aliphatic carbocycles. The van der Waals surface area contributed by atoms with Crippen molar-refractivity contribution in [2.45, 2.75) is 6.54 Å². The number of thiazole rings is 1. The van der Waals surface area contributed by atoms with Gasteiger partial charge in [0.05, 0.1) is 14.2 Å². The van der Waals surface area contributed by atoms with Gasteiger partial charge in [-0.3, -0.25) is 0 Å². The van der Waals surface area contributed by atoms with Crippen LogP contribution in [0.3, 0.4) is 0 Å². The van der Waals surface area contributed by atoms with Crippen molar-refractivity contribution in [1.82, 2.24) is 5.43 Å². The molecule has 0 saturated heterocycles. The smallest absolute Gasteiger partial charge is 0.358 e. The number of carbonyl (C=O) groups excluding carboxylic acids is 1. The average molecular weight is 412 g/mol. The van der Waals surface area contributed by atoms with E-state index in [1.54, 1.807) is 20.3 Å². The lowest BCUT2D eigenvalue weighted by Gasteiger charge is -2.10. The minimum atomic E-state index is -0.359. The normalized spacial score (nSPS) is 10.1. The molecule has 0 saturated carbocycles. The van der Waals surface area contributed by atoms with Crippen LogP contribution in [0.4, 0.5) is 15.6 Å². The van der Waals surface area contributed by atoms with Gasteiger partial charge in [-0.05, 0) is 30.3 Å². The zero-order valence-corrected chi connectivity index (χ0v) is 17.1. The fourth-order valence-electron chi connectivity index (χ4n) is 2.77. The van der Waals surface area contributed by atoms with Gasteiger partial charge in [-0.15, -0.1) is 0 Å². The molecule has 29 heavy (non-hydrogen) atoms. The minimum Gasteiger partial charge on any atom is -0.493 e. The quantitative estimate of drug-likeness (QED) is 0.297. The maximum atomic E-state index is 12.1. The van der Waals surface area contributed by atoms with Crippen LogP contribution in [0.5, 0.6) is 11.5 Å². The second-order valence-electron chi connectivity index (χ2n) is 5.97. The van der Waals surface area contributed by atoms with Gasteiger partial charge in [0.1, 0.15) is 12.2 Å². The number of anilines is 2. The molecule has 3 rings (SSSR count).